The van der Waals surface area contributed by atoms with E-state index in [1.54, 1.807) is 25.6 Å². The molecule has 0 unspecified atom stereocenters. The Morgan fingerprint density at radius 1 is 1.10 bits per heavy atom. The molecule has 2 heterocycles. The molecule has 30 heavy (non-hydrogen) atoms. The molecule has 0 saturated carbocycles. The Kier molecular flexibility index (Phi) is 5.65. The number of rotatable bonds is 5. The summed E-state index contributed by atoms with van der Waals surface area (Å²) in [5.74, 6) is 0.640. The van der Waals surface area contributed by atoms with Gasteiger partial charge in [-0.1, -0.05) is 32.9 Å². The van der Waals surface area contributed by atoms with Crippen molar-refractivity contribution in [2.75, 3.05) is 18.1 Å². The van der Waals surface area contributed by atoms with E-state index in [-0.39, 0.29) is 18.3 Å². The summed E-state index contributed by atoms with van der Waals surface area (Å²) in [6.45, 7) is 6.35. The van der Waals surface area contributed by atoms with E-state index < -0.39 is 5.54 Å². The van der Waals surface area contributed by atoms with Crippen molar-refractivity contribution < 1.29 is 18.7 Å². The van der Waals surface area contributed by atoms with E-state index in [2.05, 4.69) is 0 Å². The number of benzene rings is 2. The molecule has 0 fully saturated rings. The van der Waals surface area contributed by atoms with Crippen LogP contribution in [-0.2, 0) is 10.3 Å². The lowest BCUT2D eigenvalue weighted by Gasteiger charge is -2.42. The molecule has 4 rings (SSSR count). The third-order valence-corrected chi connectivity index (χ3v) is 8.29. The number of hydrogen-bond donors (Lipinski definition) is 0. The summed E-state index contributed by atoms with van der Waals surface area (Å²) in [6.07, 6.45) is 0. The molecule has 1 aromatic heterocycles. The highest BCUT2D eigenvalue weighted by Gasteiger charge is 2.43. The molecule has 3 aromatic rings. The molecule has 8 heteroatoms. The lowest BCUT2D eigenvalue weighted by molar-refractivity contribution is -0.121. The number of ether oxygens (including phenoxy) is 2. The van der Waals surface area contributed by atoms with Crippen molar-refractivity contribution in [2.24, 2.45) is 0 Å². The first-order valence-corrected chi connectivity index (χ1v) is 12.0. The minimum absolute atomic E-state index is 0.160. The van der Waals surface area contributed by atoms with Gasteiger partial charge in [0.1, 0.15) is 21.1 Å². The van der Waals surface area contributed by atoms with E-state index in [4.69, 9.17) is 21.7 Å². The number of carbonyl (C=O) groups is 1. The van der Waals surface area contributed by atoms with Crippen LogP contribution < -0.4 is 14.4 Å². The molecule has 0 N–H and O–H groups in total. The van der Waals surface area contributed by atoms with Gasteiger partial charge in [-0.15, -0.1) is 0 Å². The van der Waals surface area contributed by atoms with E-state index in [1.807, 2.05) is 39.0 Å². The molecule has 4 nitrogen and oxygen atoms in total. The lowest BCUT2D eigenvalue weighted by atomic mass is 9.87. The molecule has 156 valence electrons. The van der Waals surface area contributed by atoms with Crippen LogP contribution in [0.1, 0.15) is 25.6 Å². The highest BCUT2D eigenvalue weighted by molar-refractivity contribution is 7.80. The zero-order chi connectivity index (χ0) is 21.5. The summed E-state index contributed by atoms with van der Waals surface area (Å²) in [4.78, 5) is 16.1. The van der Waals surface area contributed by atoms with Crippen molar-refractivity contribution in [1.29, 1.82) is 0 Å². The van der Waals surface area contributed by atoms with Crippen molar-refractivity contribution in [3.8, 4) is 22.6 Å². The van der Waals surface area contributed by atoms with Crippen LogP contribution in [0.4, 0.5) is 10.1 Å². The largest absolute Gasteiger partial charge is 0.494 e. The topological polar surface area (TPSA) is 38.8 Å². The lowest BCUT2D eigenvalue weighted by Crippen LogP contribution is -2.49. The summed E-state index contributed by atoms with van der Waals surface area (Å²) in [7, 11) is 3.14. The standard InChI is InChI=1S/C22H20FNO3S3/c1-4-26-15-9-10-17-16(11-15)19-20(29-30-21(19)28)22(2,3)24(17)18(25)12-27-14-7-5-13(23)6-8-14/h5-11H,4,12H2,1-3H3. The van der Waals surface area contributed by atoms with E-state index >= 15 is 0 Å². The second-order valence-corrected chi connectivity index (χ2v) is 10.1. The van der Waals surface area contributed by atoms with Gasteiger partial charge in [-0.25, -0.2) is 4.39 Å². The molecule has 1 aliphatic rings. The monoisotopic (exact) mass is 461 g/mol. The van der Waals surface area contributed by atoms with Gasteiger partial charge in [0.15, 0.2) is 6.61 Å². The zero-order valence-corrected chi connectivity index (χ0v) is 19.2. The fraction of sp³-hybridized carbons (Fsp3) is 0.273. The number of halogens is 1. The Morgan fingerprint density at radius 3 is 2.50 bits per heavy atom. The first-order chi connectivity index (χ1) is 14.3. The molecule has 0 radical (unpaired) electrons. The Labute approximate surface area is 186 Å². The van der Waals surface area contributed by atoms with Gasteiger partial charge < -0.3 is 9.47 Å². The Bertz CT molecular complexity index is 1150. The van der Waals surface area contributed by atoms with Gasteiger partial charge in [-0.05, 0) is 63.2 Å². The van der Waals surface area contributed by atoms with Crippen LogP contribution in [-0.4, -0.2) is 19.1 Å². The van der Waals surface area contributed by atoms with Gasteiger partial charge in [0.25, 0.3) is 5.91 Å². The maximum Gasteiger partial charge on any atom is 0.265 e. The fourth-order valence-electron chi connectivity index (χ4n) is 3.65. The fourth-order valence-corrected chi connectivity index (χ4v) is 6.93. The van der Waals surface area contributed by atoms with Crippen molar-refractivity contribution >= 4 is 44.5 Å². The highest BCUT2D eigenvalue weighted by Crippen LogP contribution is 2.52. The van der Waals surface area contributed by atoms with E-state index in [1.165, 1.54) is 24.3 Å². The number of nitrogens with zero attached hydrogens (tertiary/aromatic N) is 1. The molecule has 1 aliphatic heterocycles. The molecule has 0 spiro atoms. The summed E-state index contributed by atoms with van der Waals surface area (Å²) in [5, 5.41) is 0. The van der Waals surface area contributed by atoms with Crippen LogP contribution in [0.15, 0.2) is 42.5 Å². The SMILES string of the molecule is CCOc1ccc2c(c1)-c1c(ssc1=S)C(C)(C)N2C(=O)COc1ccc(F)cc1. The molecule has 1 amide bonds. The number of fused-ring (bicyclic) bond motifs is 3. The number of hydrogen-bond acceptors (Lipinski definition) is 6. The molecule has 0 atom stereocenters. The van der Waals surface area contributed by atoms with Crippen LogP contribution in [0.2, 0.25) is 0 Å². The zero-order valence-electron chi connectivity index (χ0n) is 16.7. The second kappa shape index (κ2) is 8.09. The second-order valence-electron chi connectivity index (χ2n) is 7.30. The van der Waals surface area contributed by atoms with Crippen LogP contribution >= 0.6 is 32.9 Å². The van der Waals surface area contributed by atoms with Gasteiger partial charge in [0, 0.05) is 11.1 Å². The van der Waals surface area contributed by atoms with Gasteiger partial charge in [-0.2, -0.15) is 0 Å². The smallest absolute Gasteiger partial charge is 0.265 e. The third kappa shape index (κ3) is 3.64. The Morgan fingerprint density at radius 2 is 1.80 bits per heavy atom. The molecule has 0 saturated heterocycles. The summed E-state index contributed by atoms with van der Waals surface area (Å²) in [6, 6.07) is 11.3. The average molecular weight is 462 g/mol. The minimum atomic E-state index is -0.586. The quantitative estimate of drug-likeness (QED) is 0.325. The normalized spacial score (nSPS) is 14.1. The van der Waals surface area contributed by atoms with Gasteiger partial charge in [0.05, 0.1) is 22.7 Å². The van der Waals surface area contributed by atoms with Gasteiger partial charge in [0.2, 0.25) is 0 Å². The number of amides is 1. The molecular formula is C22H20FNO3S3. The first kappa shape index (κ1) is 21.0. The highest BCUT2D eigenvalue weighted by atomic mass is 32.9. The summed E-state index contributed by atoms with van der Waals surface area (Å²) < 4.78 is 25.3. The minimum Gasteiger partial charge on any atom is -0.494 e. The maximum absolute atomic E-state index is 13.3. The predicted molar refractivity (Wildman–Crippen MR) is 122 cm³/mol. The predicted octanol–water partition coefficient (Wildman–Crippen LogP) is 6.40. The van der Waals surface area contributed by atoms with E-state index in [9.17, 15) is 9.18 Å². The summed E-state index contributed by atoms with van der Waals surface area (Å²) >= 11 is 5.62. The van der Waals surface area contributed by atoms with Crippen LogP contribution in [0.25, 0.3) is 11.1 Å². The van der Waals surface area contributed by atoms with Gasteiger partial charge in [-0.3, -0.25) is 9.69 Å². The van der Waals surface area contributed by atoms with Crippen molar-refractivity contribution in [2.45, 2.75) is 26.3 Å². The molecule has 2 aromatic carbocycles. The van der Waals surface area contributed by atoms with Crippen LogP contribution in [0.5, 0.6) is 11.5 Å². The molecule has 0 aliphatic carbocycles. The van der Waals surface area contributed by atoms with Crippen molar-refractivity contribution in [3.63, 3.8) is 0 Å². The average Bonchev–Trinajstić information content (AvgIpc) is 3.11. The van der Waals surface area contributed by atoms with Crippen LogP contribution in [0.3, 0.4) is 0 Å². The van der Waals surface area contributed by atoms with Crippen molar-refractivity contribution in [3.05, 3.63) is 57.0 Å². The molecule has 0 bridgehead atoms. The summed E-state index contributed by atoms with van der Waals surface area (Å²) in [5.41, 5.74) is 2.09. The first-order valence-electron chi connectivity index (χ1n) is 9.45. The number of carbonyl (C=O) groups excluding carboxylic acids is 1. The maximum atomic E-state index is 13.3. The Balaban J connectivity index is 1.73. The van der Waals surface area contributed by atoms with Gasteiger partial charge >= 0.3 is 0 Å². The Hall–Kier alpha value is -2.29. The molecular weight excluding hydrogens is 441 g/mol. The van der Waals surface area contributed by atoms with Crippen molar-refractivity contribution in [1.82, 2.24) is 0 Å². The number of anilines is 1. The third-order valence-electron chi connectivity index (χ3n) is 4.96. The van der Waals surface area contributed by atoms with Crippen LogP contribution in [0, 0.1) is 9.64 Å². The van der Waals surface area contributed by atoms with E-state index in [0.717, 1.165) is 31.3 Å². The van der Waals surface area contributed by atoms with E-state index in [0.29, 0.717) is 12.4 Å².